The van der Waals surface area contributed by atoms with Crippen LogP contribution in [0.4, 0.5) is 0 Å². The lowest BCUT2D eigenvalue weighted by Crippen LogP contribution is -2.40. The average molecular weight is 283 g/mol. The van der Waals surface area contributed by atoms with Crippen molar-refractivity contribution in [2.75, 3.05) is 6.54 Å². The van der Waals surface area contributed by atoms with Crippen LogP contribution in [0.3, 0.4) is 0 Å². The average Bonchev–Trinajstić information content (AvgIpc) is 2.46. The van der Waals surface area contributed by atoms with Crippen LogP contribution in [0.15, 0.2) is 0 Å². The SMILES string of the molecule is CCCCCCCCNC(=O)[C@H]1CCCCC1C(=O)O. The number of rotatable bonds is 9. The topological polar surface area (TPSA) is 66.4 Å². The Morgan fingerprint density at radius 3 is 2.25 bits per heavy atom. The second-order valence-electron chi connectivity index (χ2n) is 5.89. The van der Waals surface area contributed by atoms with Gasteiger partial charge in [-0.1, -0.05) is 51.9 Å². The van der Waals surface area contributed by atoms with Crippen molar-refractivity contribution in [2.45, 2.75) is 71.1 Å². The molecule has 0 aromatic carbocycles. The maximum absolute atomic E-state index is 12.1. The van der Waals surface area contributed by atoms with E-state index >= 15 is 0 Å². The quantitative estimate of drug-likeness (QED) is 0.638. The van der Waals surface area contributed by atoms with E-state index in [2.05, 4.69) is 12.2 Å². The molecule has 1 aliphatic rings. The van der Waals surface area contributed by atoms with Crippen LogP contribution in [0.5, 0.6) is 0 Å². The molecule has 1 fully saturated rings. The molecule has 0 heterocycles. The van der Waals surface area contributed by atoms with Crippen molar-refractivity contribution in [3.63, 3.8) is 0 Å². The minimum atomic E-state index is -0.815. The van der Waals surface area contributed by atoms with Crippen LogP contribution >= 0.6 is 0 Å². The standard InChI is InChI=1S/C16H29NO3/c1-2-3-4-5-6-9-12-17-15(18)13-10-7-8-11-14(13)16(19)20/h13-14H,2-12H2,1H3,(H,17,18)(H,19,20)/t13-,14?/m0/s1. The molecule has 0 radical (unpaired) electrons. The number of carboxylic acid groups (broad SMARTS) is 1. The highest BCUT2D eigenvalue weighted by Gasteiger charge is 2.35. The van der Waals surface area contributed by atoms with Gasteiger partial charge in [0.2, 0.25) is 5.91 Å². The first-order valence-corrected chi connectivity index (χ1v) is 8.17. The van der Waals surface area contributed by atoms with Gasteiger partial charge in [0.25, 0.3) is 0 Å². The van der Waals surface area contributed by atoms with E-state index < -0.39 is 11.9 Å². The zero-order valence-corrected chi connectivity index (χ0v) is 12.7. The molecule has 4 nitrogen and oxygen atoms in total. The zero-order chi connectivity index (χ0) is 14.8. The van der Waals surface area contributed by atoms with Crippen LogP contribution in [0.2, 0.25) is 0 Å². The van der Waals surface area contributed by atoms with Crippen molar-refractivity contribution >= 4 is 11.9 Å². The predicted octanol–water partition coefficient (Wildman–Crippen LogP) is 3.35. The highest BCUT2D eigenvalue weighted by molar-refractivity contribution is 5.84. The van der Waals surface area contributed by atoms with Gasteiger partial charge in [-0.15, -0.1) is 0 Å². The number of hydrogen-bond donors (Lipinski definition) is 2. The number of carboxylic acids is 1. The molecule has 0 spiro atoms. The normalized spacial score (nSPS) is 22.4. The lowest BCUT2D eigenvalue weighted by Gasteiger charge is -2.27. The van der Waals surface area contributed by atoms with Gasteiger partial charge in [0.15, 0.2) is 0 Å². The molecule has 1 rings (SSSR count). The molecule has 4 heteroatoms. The second kappa shape index (κ2) is 9.78. The van der Waals surface area contributed by atoms with Crippen molar-refractivity contribution in [3.05, 3.63) is 0 Å². The van der Waals surface area contributed by atoms with Gasteiger partial charge in [-0.3, -0.25) is 9.59 Å². The van der Waals surface area contributed by atoms with Gasteiger partial charge in [-0.25, -0.2) is 0 Å². The monoisotopic (exact) mass is 283 g/mol. The first kappa shape index (κ1) is 17.0. The Morgan fingerprint density at radius 2 is 1.60 bits per heavy atom. The summed E-state index contributed by atoms with van der Waals surface area (Å²) in [4.78, 5) is 23.2. The third-order valence-electron chi connectivity index (χ3n) is 4.25. The summed E-state index contributed by atoms with van der Waals surface area (Å²) < 4.78 is 0. The lowest BCUT2D eigenvalue weighted by molar-refractivity contribution is -0.148. The summed E-state index contributed by atoms with van der Waals surface area (Å²) in [6.45, 7) is 2.89. The van der Waals surface area contributed by atoms with E-state index in [1.165, 1.54) is 25.7 Å². The minimum Gasteiger partial charge on any atom is -0.481 e. The molecule has 2 atom stereocenters. The van der Waals surface area contributed by atoms with Crippen LogP contribution in [-0.2, 0) is 9.59 Å². The van der Waals surface area contributed by atoms with Crippen LogP contribution in [-0.4, -0.2) is 23.5 Å². The van der Waals surface area contributed by atoms with Gasteiger partial charge < -0.3 is 10.4 Å². The Kier molecular flexibility index (Phi) is 8.31. The number of amides is 1. The summed E-state index contributed by atoms with van der Waals surface area (Å²) in [5, 5.41) is 12.1. The van der Waals surface area contributed by atoms with Crippen molar-refractivity contribution in [2.24, 2.45) is 11.8 Å². The van der Waals surface area contributed by atoms with Crippen LogP contribution in [0.1, 0.15) is 71.1 Å². The van der Waals surface area contributed by atoms with E-state index in [1.54, 1.807) is 0 Å². The third kappa shape index (κ3) is 5.93. The number of unbranched alkanes of at least 4 members (excludes halogenated alkanes) is 5. The molecule has 1 amide bonds. The minimum absolute atomic E-state index is 0.0503. The van der Waals surface area contributed by atoms with Crippen LogP contribution in [0.25, 0.3) is 0 Å². The van der Waals surface area contributed by atoms with Gasteiger partial charge in [-0.05, 0) is 19.3 Å². The Hall–Kier alpha value is -1.06. The molecular weight excluding hydrogens is 254 g/mol. The Bertz CT molecular complexity index is 304. The van der Waals surface area contributed by atoms with Gasteiger partial charge in [0.1, 0.15) is 0 Å². The molecule has 0 bridgehead atoms. The number of hydrogen-bond acceptors (Lipinski definition) is 2. The molecule has 0 aromatic heterocycles. The number of nitrogens with one attached hydrogen (secondary N) is 1. The summed E-state index contributed by atoms with van der Waals surface area (Å²) in [5.41, 5.74) is 0. The van der Waals surface area contributed by atoms with E-state index in [4.69, 9.17) is 5.11 Å². The Morgan fingerprint density at radius 1 is 1.00 bits per heavy atom. The summed E-state index contributed by atoms with van der Waals surface area (Å²) in [6, 6.07) is 0. The summed E-state index contributed by atoms with van der Waals surface area (Å²) >= 11 is 0. The van der Waals surface area contributed by atoms with Gasteiger partial charge >= 0.3 is 5.97 Å². The lowest BCUT2D eigenvalue weighted by atomic mass is 9.78. The smallest absolute Gasteiger partial charge is 0.307 e. The summed E-state index contributed by atoms with van der Waals surface area (Å²) in [6.07, 6.45) is 10.4. The molecular formula is C16H29NO3. The molecule has 1 saturated carbocycles. The molecule has 0 aliphatic heterocycles. The van der Waals surface area contributed by atoms with E-state index in [9.17, 15) is 9.59 Å². The molecule has 2 N–H and O–H groups in total. The fourth-order valence-corrected chi connectivity index (χ4v) is 2.99. The number of aliphatic carboxylic acids is 1. The Labute approximate surface area is 122 Å². The highest BCUT2D eigenvalue weighted by Crippen LogP contribution is 2.30. The fraction of sp³-hybridized carbons (Fsp3) is 0.875. The zero-order valence-electron chi connectivity index (χ0n) is 12.7. The van der Waals surface area contributed by atoms with Crippen molar-refractivity contribution in [1.29, 1.82) is 0 Å². The molecule has 1 unspecified atom stereocenters. The number of carbonyl (C=O) groups excluding carboxylic acids is 1. The van der Waals surface area contributed by atoms with Crippen LogP contribution < -0.4 is 5.32 Å². The van der Waals surface area contributed by atoms with Crippen molar-refractivity contribution < 1.29 is 14.7 Å². The van der Waals surface area contributed by atoms with Gasteiger partial charge in [-0.2, -0.15) is 0 Å². The summed E-state index contributed by atoms with van der Waals surface area (Å²) in [7, 11) is 0. The number of carbonyl (C=O) groups is 2. The van der Waals surface area contributed by atoms with Crippen molar-refractivity contribution in [1.82, 2.24) is 5.32 Å². The van der Waals surface area contributed by atoms with Gasteiger partial charge in [0.05, 0.1) is 11.8 Å². The van der Waals surface area contributed by atoms with E-state index in [-0.39, 0.29) is 11.8 Å². The maximum Gasteiger partial charge on any atom is 0.307 e. The summed E-state index contributed by atoms with van der Waals surface area (Å²) in [5.74, 6) is -1.66. The first-order valence-electron chi connectivity index (χ1n) is 8.17. The third-order valence-corrected chi connectivity index (χ3v) is 4.25. The van der Waals surface area contributed by atoms with Crippen LogP contribution in [0, 0.1) is 11.8 Å². The second-order valence-corrected chi connectivity index (χ2v) is 5.89. The molecule has 20 heavy (non-hydrogen) atoms. The Balaban J connectivity index is 2.19. The van der Waals surface area contributed by atoms with Crippen molar-refractivity contribution in [3.8, 4) is 0 Å². The van der Waals surface area contributed by atoms with E-state index in [0.717, 1.165) is 32.1 Å². The highest BCUT2D eigenvalue weighted by atomic mass is 16.4. The fourth-order valence-electron chi connectivity index (χ4n) is 2.99. The largest absolute Gasteiger partial charge is 0.481 e. The molecule has 116 valence electrons. The first-order chi connectivity index (χ1) is 9.66. The predicted molar refractivity (Wildman–Crippen MR) is 79.5 cm³/mol. The van der Waals surface area contributed by atoms with E-state index in [0.29, 0.717) is 13.0 Å². The molecule has 0 aromatic rings. The van der Waals surface area contributed by atoms with E-state index in [1.807, 2.05) is 0 Å². The molecule has 1 aliphatic carbocycles. The van der Waals surface area contributed by atoms with Gasteiger partial charge in [0, 0.05) is 6.54 Å². The molecule has 0 saturated heterocycles. The maximum atomic E-state index is 12.1.